The highest BCUT2D eigenvalue weighted by Crippen LogP contribution is 2.25. The maximum atomic E-state index is 13.6. The van der Waals surface area contributed by atoms with Gasteiger partial charge in [-0.3, -0.25) is 4.79 Å². The summed E-state index contributed by atoms with van der Waals surface area (Å²) in [5.41, 5.74) is 4.93. The number of nitrogens with zero attached hydrogens (tertiary/aromatic N) is 1. The highest BCUT2D eigenvalue weighted by Gasteiger charge is 2.08. The number of benzene rings is 3. The number of aromatic nitrogens is 2. The van der Waals surface area contributed by atoms with Crippen molar-refractivity contribution in [2.75, 3.05) is 0 Å². The molecule has 0 unspecified atom stereocenters. The standard InChI is InChI=1S/C22H17FN2O/c1-13-10-17(12-18(23)11-13)15-6-8-16(9-7-15)21-24-20-14(2)4-3-5-19(20)22(26)25-21/h3-12H,1-2H3,(H,24,25,26). The number of nitrogens with one attached hydrogen (secondary N) is 1. The Bertz CT molecular complexity index is 1160. The lowest BCUT2D eigenvalue weighted by Gasteiger charge is -2.07. The van der Waals surface area contributed by atoms with E-state index < -0.39 is 0 Å². The molecule has 0 aliphatic rings. The van der Waals surface area contributed by atoms with E-state index in [2.05, 4.69) is 9.97 Å². The molecule has 0 aliphatic carbocycles. The van der Waals surface area contributed by atoms with Crippen molar-refractivity contribution >= 4 is 10.9 Å². The van der Waals surface area contributed by atoms with Crippen molar-refractivity contribution in [2.24, 2.45) is 0 Å². The van der Waals surface area contributed by atoms with Crippen LogP contribution >= 0.6 is 0 Å². The predicted octanol–water partition coefficient (Wildman–Crippen LogP) is 5.01. The number of aromatic amines is 1. The first kappa shape index (κ1) is 16.2. The molecular formula is C22H17FN2O. The number of hydrogen-bond donors (Lipinski definition) is 1. The van der Waals surface area contributed by atoms with Crippen LogP contribution in [0.25, 0.3) is 33.4 Å². The fraction of sp³-hybridized carbons (Fsp3) is 0.0909. The molecule has 4 heteroatoms. The van der Waals surface area contributed by atoms with E-state index in [1.165, 1.54) is 12.1 Å². The van der Waals surface area contributed by atoms with Crippen molar-refractivity contribution in [1.29, 1.82) is 0 Å². The summed E-state index contributed by atoms with van der Waals surface area (Å²) in [5.74, 6) is 0.277. The van der Waals surface area contributed by atoms with Crippen molar-refractivity contribution < 1.29 is 4.39 Å². The minimum Gasteiger partial charge on any atom is -0.306 e. The molecule has 0 bridgehead atoms. The second-order valence-corrected chi connectivity index (χ2v) is 6.48. The van der Waals surface area contributed by atoms with Crippen LogP contribution in [-0.4, -0.2) is 9.97 Å². The van der Waals surface area contributed by atoms with E-state index in [1.54, 1.807) is 6.07 Å². The first-order chi connectivity index (χ1) is 12.5. The number of fused-ring (bicyclic) bond motifs is 1. The fourth-order valence-electron chi connectivity index (χ4n) is 3.17. The fourth-order valence-corrected chi connectivity index (χ4v) is 3.17. The third-order valence-electron chi connectivity index (χ3n) is 4.47. The lowest BCUT2D eigenvalue weighted by molar-refractivity contribution is 0.627. The van der Waals surface area contributed by atoms with Crippen molar-refractivity contribution in [2.45, 2.75) is 13.8 Å². The maximum absolute atomic E-state index is 13.6. The normalized spacial score (nSPS) is 11.0. The van der Waals surface area contributed by atoms with Crippen LogP contribution in [0.3, 0.4) is 0 Å². The van der Waals surface area contributed by atoms with Gasteiger partial charge in [0.1, 0.15) is 11.6 Å². The van der Waals surface area contributed by atoms with E-state index in [9.17, 15) is 9.18 Å². The molecule has 128 valence electrons. The summed E-state index contributed by atoms with van der Waals surface area (Å²) < 4.78 is 13.6. The van der Waals surface area contributed by atoms with Gasteiger partial charge in [0, 0.05) is 5.56 Å². The van der Waals surface area contributed by atoms with E-state index in [0.717, 1.165) is 27.8 Å². The lowest BCUT2D eigenvalue weighted by Crippen LogP contribution is -2.10. The van der Waals surface area contributed by atoms with Gasteiger partial charge in [0.25, 0.3) is 5.56 Å². The first-order valence-corrected chi connectivity index (χ1v) is 8.39. The summed E-state index contributed by atoms with van der Waals surface area (Å²) in [6.07, 6.45) is 0. The number of para-hydroxylation sites is 1. The third kappa shape index (κ3) is 2.90. The quantitative estimate of drug-likeness (QED) is 0.555. The molecule has 26 heavy (non-hydrogen) atoms. The van der Waals surface area contributed by atoms with Gasteiger partial charge in [0.15, 0.2) is 0 Å². The smallest absolute Gasteiger partial charge is 0.259 e. The molecule has 4 aromatic rings. The van der Waals surface area contributed by atoms with Gasteiger partial charge in [-0.15, -0.1) is 0 Å². The SMILES string of the molecule is Cc1cc(F)cc(-c2ccc(-c3nc4c(C)cccc4c(=O)[nH]3)cc2)c1. The monoisotopic (exact) mass is 344 g/mol. The Balaban J connectivity index is 1.79. The topological polar surface area (TPSA) is 45.8 Å². The zero-order valence-electron chi connectivity index (χ0n) is 14.5. The summed E-state index contributed by atoms with van der Waals surface area (Å²) in [4.78, 5) is 19.8. The molecule has 0 spiro atoms. The van der Waals surface area contributed by atoms with Gasteiger partial charge >= 0.3 is 0 Å². The largest absolute Gasteiger partial charge is 0.306 e. The predicted molar refractivity (Wildman–Crippen MR) is 103 cm³/mol. The summed E-state index contributed by atoms with van der Waals surface area (Å²) in [5, 5.41) is 0.584. The van der Waals surface area contributed by atoms with Crippen LogP contribution in [0, 0.1) is 19.7 Å². The molecule has 1 N–H and O–H groups in total. The van der Waals surface area contributed by atoms with Gasteiger partial charge in [-0.1, -0.05) is 42.5 Å². The summed E-state index contributed by atoms with van der Waals surface area (Å²) in [6, 6.07) is 18.1. The van der Waals surface area contributed by atoms with E-state index in [1.807, 2.05) is 56.3 Å². The van der Waals surface area contributed by atoms with E-state index in [-0.39, 0.29) is 11.4 Å². The van der Waals surface area contributed by atoms with Crippen LogP contribution in [0.4, 0.5) is 4.39 Å². The number of aryl methyl sites for hydroxylation is 2. The van der Waals surface area contributed by atoms with E-state index in [0.29, 0.717) is 16.7 Å². The minimum atomic E-state index is -0.250. The molecule has 1 aromatic heterocycles. The molecule has 0 saturated carbocycles. The maximum Gasteiger partial charge on any atom is 0.259 e. The Hall–Kier alpha value is -3.27. The molecule has 1 heterocycles. The van der Waals surface area contributed by atoms with Crippen LogP contribution < -0.4 is 5.56 Å². The number of hydrogen-bond acceptors (Lipinski definition) is 2. The lowest BCUT2D eigenvalue weighted by atomic mass is 10.0. The molecule has 0 amide bonds. The number of H-pyrrole nitrogens is 1. The summed E-state index contributed by atoms with van der Waals surface area (Å²) in [6.45, 7) is 3.81. The van der Waals surface area contributed by atoms with Crippen molar-refractivity contribution in [1.82, 2.24) is 9.97 Å². The molecule has 0 atom stereocenters. The second-order valence-electron chi connectivity index (χ2n) is 6.48. The number of halogens is 1. The van der Waals surface area contributed by atoms with Gasteiger partial charge < -0.3 is 4.98 Å². The molecule has 4 rings (SSSR count). The Morgan fingerprint density at radius 2 is 1.62 bits per heavy atom. The van der Waals surface area contributed by atoms with Crippen LogP contribution in [0.15, 0.2) is 65.5 Å². The molecule has 0 fully saturated rings. The zero-order valence-corrected chi connectivity index (χ0v) is 14.5. The van der Waals surface area contributed by atoms with Gasteiger partial charge in [0.2, 0.25) is 0 Å². The summed E-state index contributed by atoms with van der Waals surface area (Å²) in [7, 11) is 0. The van der Waals surface area contributed by atoms with Crippen molar-refractivity contribution in [3.05, 3.63) is 88.0 Å². The number of rotatable bonds is 2. The molecule has 0 saturated heterocycles. The zero-order chi connectivity index (χ0) is 18.3. The Kier molecular flexibility index (Phi) is 3.88. The minimum absolute atomic E-state index is 0.154. The average molecular weight is 344 g/mol. The van der Waals surface area contributed by atoms with E-state index >= 15 is 0 Å². The van der Waals surface area contributed by atoms with E-state index in [4.69, 9.17) is 0 Å². The van der Waals surface area contributed by atoms with Crippen LogP contribution in [0.2, 0.25) is 0 Å². The summed E-state index contributed by atoms with van der Waals surface area (Å²) >= 11 is 0. The van der Waals surface area contributed by atoms with Crippen molar-refractivity contribution in [3.63, 3.8) is 0 Å². The van der Waals surface area contributed by atoms with Gasteiger partial charge in [-0.05, 0) is 54.3 Å². The van der Waals surface area contributed by atoms with Crippen LogP contribution in [0.5, 0.6) is 0 Å². The van der Waals surface area contributed by atoms with Crippen LogP contribution in [-0.2, 0) is 0 Å². The first-order valence-electron chi connectivity index (χ1n) is 8.39. The molecule has 3 nitrogen and oxygen atoms in total. The van der Waals surface area contributed by atoms with Gasteiger partial charge in [0.05, 0.1) is 10.9 Å². The Labute approximate surface area is 150 Å². The average Bonchev–Trinajstić information content (AvgIpc) is 2.62. The Morgan fingerprint density at radius 3 is 2.35 bits per heavy atom. The second kappa shape index (κ2) is 6.23. The molecule has 3 aromatic carbocycles. The highest BCUT2D eigenvalue weighted by atomic mass is 19.1. The highest BCUT2D eigenvalue weighted by molar-refractivity contribution is 5.82. The molecule has 0 radical (unpaired) electrons. The molecular weight excluding hydrogens is 327 g/mol. The van der Waals surface area contributed by atoms with Crippen LogP contribution in [0.1, 0.15) is 11.1 Å². The van der Waals surface area contributed by atoms with Gasteiger partial charge in [-0.2, -0.15) is 0 Å². The van der Waals surface area contributed by atoms with Gasteiger partial charge in [-0.25, -0.2) is 9.37 Å². The third-order valence-corrected chi connectivity index (χ3v) is 4.47. The molecule has 0 aliphatic heterocycles. The van der Waals surface area contributed by atoms with Crippen molar-refractivity contribution in [3.8, 4) is 22.5 Å². The Morgan fingerprint density at radius 1 is 0.885 bits per heavy atom.